The second-order valence-electron chi connectivity index (χ2n) is 4.34. The van der Waals surface area contributed by atoms with E-state index in [0.29, 0.717) is 17.1 Å². The zero-order chi connectivity index (χ0) is 16.5. The third-order valence-electron chi connectivity index (χ3n) is 2.70. The number of hydrogen-bond acceptors (Lipinski definition) is 3. The Labute approximate surface area is 139 Å². The maximum atomic E-state index is 11.5. The molecule has 2 rings (SSSR count). The van der Waals surface area contributed by atoms with Crippen LogP contribution in [-0.2, 0) is 9.53 Å². The Morgan fingerprint density at radius 1 is 1.35 bits per heavy atom. The van der Waals surface area contributed by atoms with Gasteiger partial charge in [0.05, 0.1) is 5.52 Å². The summed E-state index contributed by atoms with van der Waals surface area (Å²) in [4.78, 5) is 15.8. The highest BCUT2D eigenvalue weighted by atomic mass is 35.5. The highest BCUT2D eigenvalue weighted by Crippen LogP contribution is 2.21. The van der Waals surface area contributed by atoms with E-state index in [2.05, 4.69) is 35.4 Å². The molecule has 2 aromatic rings. The summed E-state index contributed by atoms with van der Waals surface area (Å²) < 4.78 is 4.69. The van der Waals surface area contributed by atoms with Gasteiger partial charge in [0, 0.05) is 29.4 Å². The van der Waals surface area contributed by atoms with E-state index < -0.39 is 5.97 Å². The van der Waals surface area contributed by atoms with Crippen molar-refractivity contribution in [1.29, 1.82) is 0 Å². The molecule has 0 bridgehead atoms. The molecular weight excluding hydrogens is 310 g/mol. The predicted molar refractivity (Wildman–Crippen MR) is 92.2 cm³/mol. The summed E-state index contributed by atoms with van der Waals surface area (Å²) in [6.07, 6.45) is 7.19. The van der Waals surface area contributed by atoms with E-state index in [0.717, 1.165) is 10.9 Å². The molecule has 0 unspecified atom stereocenters. The Hall–Kier alpha value is -3.01. The van der Waals surface area contributed by atoms with E-state index >= 15 is 0 Å². The number of rotatable bonds is 3. The van der Waals surface area contributed by atoms with Crippen LogP contribution in [0, 0.1) is 23.9 Å². The Bertz CT molecular complexity index is 892. The molecule has 0 amide bonds. The third kappa shape index (κ3) is 5.04. The zero-order valence-electron chi connectivity index (χ0n) is 12.2. The van der Waals surface area contributed by atoms with Crippen molar-refractivity contribution in [2.45, 2.75) is 6.42 Å². The minimum atomic E-state index is -0.604. The molecule has 0 radical (unpaired) electrons. The molecule has 4 heteroatoms. The molecule has 3 nitrogen and oxygen atoms in total. The summed E-state index contributed by atoms with van der Waals surface area (Å²) in [5, 5.41) is 1.25. The maximum absolute atomic E-state index is 11.5. The minimum absolute atomic E-state index is 0.314. The van der Waals surface area contributed by atoms with E-state index in [-0.39, 0.29) is 0 Å². The summed E-state index contributed by atoms with van der Waals surface area (Å²) >= 11 is 6.09. The van der Waals surface area contributed by atoms with Crippen molar-refractivity contribution >= 4 is 34.5 Å². The number of hydrogen-bond donors (Lipinski definition) is 0. The molecule has 1 heterocycles. The Morgan fingerprint density at radius 2 is 2.17 bits per heavy atom. The largest absolute Gasteiger partial charge is 0.368 e. The first-order chi connectivity index (χ1) is 11.2. The fourth-order valence-electron chi connectivity index (χ4n) is 1.69. The first kappa shape index (κ1) is 16.4. The second kappa shape index (κ2) is 8.44. The fraction of sp³-hybridized carbons (Fsp3) is 0.0526. The first-order valence-corrected chi connectivity index (χ1v) is 7.11. The molecule has 0 saturated heterocycles. The van der Waals surface area contributed by atoms with Gasteiger partial charge in [0.1, 0.15) is 11.3 Å². The van der Waals surface area contributed by atoms with Crippen molar-refractivity contribution in [2.24, 2.45) is 0 Å². The Balaban J connectivity index is 2.05. The molecule has 0 aliphatic carbocycles. The number of fused-ring (bicyclic) bond motifs is 1. The van der Waals surface area contributed by atoms with Crippen LogP contribution in [0.2, 0.25) is 5.15 Å². The molecule has 0 aliphatic rings. The minimum Gasteiger partial charge on any atom is -0.368 e. The normalized spacial score (nSPS) is 9.61. The lowest BCUT2D eigenvalue weighted by molar-refractivity contribution is -0.131. The number of aromatic nitrogens is 1. The molecule has 0 spiro atoms. The molecule has 112 valence electrons. The Morgan fingerprint density at radius 3 is 3.00 bits per heavy atom. The summed E-state index contributed by atoms with van der Waals surface area (Å²) in [5.74, 6) is 7.05. The van der Waals surface area contributed by atoms with Crippen molar-refractivity contribution < 1.29 is 9.53 Å². The van der Waals surface area contributed by atoms with Crippen LogP contribution in [-0.4, -0.2) is 11.0 Å². The average molecular weight is 322 g/mol. The average Bonchev–Trinajstić information content (AvgIpc) is 2.56. The smallest absolute Gasteiger partial charge is 0.344 e. The van der Waals surface area contributed by atoms with Gasteiger partial charge in [-0.15, -0.1) is 6.58 Å². The van der Waals surface area contributed by atoms with E-state index in [1.165, 1.54) is 12.2 Å². The summed E-state index contributed by atoms with van der Waals surface area (Å²) in [6, 6.07) is 9.42. The molecule has 1 aromatic heterocycles. The molecule has 23 heavy (non-hydrogen) atoms. The molecule has 0 saturated carbocycles. The fourth-order valence-corrected chi connectivity index (χ4v) is 1.89. The van der Waals surface area contributed by atoms with E-state index in [9.17, 15) is 4.79 Å². The van der Waals surface area contributed by atoms with Gasteiger partial charge in [-0.2, -0.15) is 0 Å². The van der Waals surface area contributed by atoms with Gasteiger partial charge < -0.3 is 4.74 Å². The highest BCUT2D eigenvalue weighted by Gasteiger charge is 2.03. The van der Waals surface area contributed by atoms with Crippen LogP contribution in [0.1, 0.15) is 12.0 Å². The van der Waals surface area contributed by atoms with Crippen molar-refractivity contribution in [2.75, 3.05) is 0 Å². The number of para-hydroxylation sites is 1. The summed E-state index contributed by atoms with van der Waals surface area (Å²) in [5.41, 5.74) is 1.42. The van der Waals surface area contributed by atoms with Gasteiger partial charge in [0.2, 0.25) is 0 Å². The number of nitrogens with zero attached hydrogens (tertiary/aromatic N) is 1. The number of benzene rings is 1. The van der Waals surface area contributed by atoms with Crippen molar-refractivity contribution in [1.82, 2.24) is 4.98 Å². The maximum Gasteiger partial charge on any atom is 0.344 e. The van der Waals surface area contributed by atoms with Crippen molar-refractivity contribution in [3.8, 4) is 23.9 Å². The van der Waals surface area contributed by atoms with Crippen LogP contribution in [0.3, 0.4) is 0 Å². The SMILES string of the molecule is C=CCC#CC#COC(=O)/C=C/c1cc2ccccc2nc1Cl. The molecule has 1 aromatic carbocycles. The first-order valence-electron chi connectivity index (χ1n) is 6.73. The van der Waals surface area contributed by atoms with Gasteiger partial charge in [-0.25, -0.2) is 9.78 Å². The molecule has 0 fully saturated rings. The zero-order valence-corrected chi connectivity index (χ0v) is 12.9. The lowest BCUT2D eigenvalue weighted by Gasteiger charge is -2.01. The molecule has 0 aliphatic heterocycles. The van der Waals surface area contributed by atoms with E-state index in [1.807, 2.05) is 30.3 Å². The number of esters is 1. The lowest BCUT2D eigenvalue weighted by atomic mass is 10.1. The van der Waals surface area contributed by atoms with Crippen molar-refractivity contribution in [3.05, 3.63) is 59.8 Å². The topological polar surface area (TPSA) is 39.2 Å². The molecular formula is C19H12ClNO2. The van der Waals surface area contributed by atoms with Crippen LogP contribution in [0.4, 0.5) is 0 Å². The number of carbonyl (C=O) groups is 1. The standard InChI is InChI=1S/C19H12ClNO2/c1-2-3-4-5-8-13-23-18(22)12-11-16-14-15-9-6-7-10-17(15)21-19(16)20/h2,6-7,9-12,14H,1,3H2/b12-11+. The van der Waals surface area contributed by atoms with Crippen molar-refractivity contribution in [3.63, 3.8) is 0 Å². The lowest BCUT2D eigenvalue weighted by Crippen LogP contribution is -1.94. The number of halogens is 1. The van der Waals surface area contributed by atoms with Crippen LogP contribution in [0.5, 0.6) is 0 Å². The monoisotopic (exact) mass is 321 g/mol. The number of allylic oxidation sites excluding steroid dienone is 1. The molecule has 0 atom stereocenters. The predicted octanol–water partition coefficient (Wildman–Crippen LogP) is 3.99. The van der Waals surface area contributed by atoms with Crippen LogP contribution >= 0.6 is 11.6 Å². The van der Waals surface area contributed by atoms with E-state index in [1.54, 1.807) is 6.08 Å². The molecule has 0 N–H and O–H groups in total. The quantitative estimate of drug-likeness (QED) is 0.282. The van der Waals surface area contributed by atoms with Gasteiger partial charge in [-0.1, -0.05) is 41.8 Å². The van der Waals surface area contributed by atoms with Crippen LogP contribution in [0.15, 0.2) is 49.1 Å². The van der Waals surface area contributed by atoms with Gasteiger partial charge in [0.15, 0.2) is 0 Å². The number of ether oxygens (including phenoxy) is 1. The van der Waals surface area contributed by atoms with Gasteiger partial charge >= 0.3 is 5.97 Å². The van der Waals surface area contributed by atoms with E-state index in [4.69, 9.17) is 16.3 Å². The second-order valence-corrected chi connectivity index (χ2v) is 4.70. The van der Waals surface area contributed by atoms with Gasteiger partial charge in [0.25, 0.3) is 0 Å². The van der Waals surface area contributed by atoms with Gasteiger partial charge in [-0.05, 0) is 24.1 Å². The number of carbonyl (C=O) groups excluding carboxylic acids is 1. The summed E-state index contributed by atoms with van der Waals surface area (Å²) in [7, 11) is 0. The van der Waals surface area contributed by atoms with Crippen LogP contribution < -0.4 is 0 Å². The van der Waals surface area contributed by atoms with Gasteiger partial charge in [-0.3, -0.25) is 0 Å². The summed E-state index contributed by atoms with van der Waals surface area (Å²) in [6.45, 7) is 3.52. The van der Waals surface area contributed by atoms with Crippen LogP contribution in [0.25, 0.3) is 17.0 Å². The third-order valence-corrected chi connectivity index (χ3v) is 3.01. The highest BCUT2D eigenvalue weighted by molar-refractivity contribution is 6.31. The Kier molecular flexibility index (Phi) is 6.00. The number of pyridine rings is 1.